The van der Waals surface area contributed by atoms with Crippen LogP contribution in [0.15, 0.2) is 6.20 Å². The Labute approximate surface area is 106 Å². The lowest BCUT2D eigenvalue weighted by atomic mass is 10.0. The SMILES string of the molecule is Cc1[nH]ncc1CNC(=O)C(NC(N)=O)C(C)C. The van der Waals surface area contributed by atoms with Gasteiger partial charge in [0.25, 0.3) is 0 Å². The number of aryl methyl sites for hydroxylation is 1. The summed E-state index contributed by atoms with van der Waals surface area (Å²) >= 11 is 0. The van der Waals surface area contributed by atoms with Crippen LogP contribution in [0.2, 0.25) is 0 Å². The standard InChI is InChI=1S/C11H19N5O2/c1-6(2)9(15-11(12)18)10(17)13-4-8-5-14-16-7(8)3/h5-6,9H,4H2,1-3H3,(H,13,17)(H,14,16)(H3,12,15,18). The van der Waals surface area contributed by atoms with Crippen LogP contribution in [0.1, 0.15) is 25.1 Å². The number of primary amides is 1. The minimum absolute atomic E-state index is 0.0389. The predicted molar refractivity (Wildman–Crippen MR) is 66.5 cm³/mol. The van der Waals surface area contributed by atoms with E-state index in [0.29, 0.717) is 6.54 Å². The topological polar surface area (TPSA) is 113 Å². The summed E-state index contributed by atoms with van der Waals surface area (Å²) in [5.74, 6) is -0.299. The minimum Gasteiger partial charge on any atom is -0.352 e. The van der Waals surface area contributed by atoms with Gasteiger partial charge in [0.1, 0.15) is 6.04 Å². The van der Waals surface area contributed by atoms with Crippen molar-refractivity contribution in [2.45, 2.75) is 33.4 Å². The summed E-state index contributed by atoms with van der Waals surface area (Å²) in [6.07, 6.45) is 1.65. The Hall–Kier alpha value is -2.05. The highest BCUT2D eigenvalue weighted by atomic mass is 16.2. The lowest BCUT2D eigenvalue weighted by molar-refractivity contribution is -0.124. The molecular weight excluding hydrogens is 234 g/mol. The van der Waals surface area contributed by atoms with Gasteiger partial charge in [-0.1, -0.05) is 13.8 Å². The number of H-pyrrole nitrogens is 1. The number of hydrogen-bond donors (Lipinski definition) is 4. The molecule has 1 aromatic rings. The highest BCUT2D eigenvalue weighted by molar-refractivity contribution is 5.86. The van der Waals surface area contributed by atoms with Crippen LogP contribution in [0.25, 0.3) is 0 Å². The fourth-order valence-electron chi connectivity index (χ4n) is 1.53. The molecule has 0 aliphatic carbocycles. The highest BCUT2D eigenvalue weighted by Gasteiger charge is 2.23. The zero-order valence-corrected chi connectivity index (χ0v) is 10.8. The summed E-state index contributed by atoms with van der Waals surface area (Å²) in [5.41, 5.74) is 6.85. The first-order valence-corrected chi connectivity index (χ1v) is 5.74. The van der Waals surface area contributed by atoms with E-state index in [4.69, 9.17) is 5.73 Å². The Bertz CT molecular complexity index is 427. The summed E-state index contributed by atoms with van der Waals surface area (Å²) in [5, 5.41) is 11.8. The second-order valence-corrected chi connectivity index (χ2v) is 4.47. The molecule has 0 spiro atoms. The Morgan fingerprint density at radius 1 is 1.50 bits per heavy atom. The number of aromatic amines is 1. The third kappa shape index (κ3) is 3.76. The quantitative estimate of drug-likeness (QED) is 0.593. The number of nitrogens with two attached hydrogens (primary N) is 1. The van der Waals surface area contributed by atoms with Gasteiger partial charge >= 0.3 is 6.03 Å². The summed E-state index contributed by atoms with van der Waals surface area (Å²) in [6.45, 7) is 5.91. The monoisotopic (exact) mass is 253 g/mol. The third-order valence-electron chi connectivity index (χ3n) is 2.63. The number of urea groups is 1. The molecular formula is C11H19N5O2. The fraction of sp³-hybridized carbons (Fsp3) is 0.545. The van der Waals surface area contributed by atoms with Crippen molar-refractivity contribution < 1.29 is 9.59 Å². The maximum absolute atomic E-state index is 11.9. The van der Waals surface area contributed by atoms with Crippen LogP contribution >= 0.6 is 0 Å². The van der Waals surface area contributed by atoms with Crippen molar-refractivity contribution >= 4 is 11.9 Å². The van der Waals surface area contributed by atoms with Crippen molar-refractivity contribution in [3.05, 3.63) is 17.5 Å². The number of carbonyl (C=O) groups is 2. The number of carbonyl (C=O) groups excluding carboxylic acids is 2. The minimum atomic E-state index is -0.705. The molecule has 0 fully saturated rings. The van der Waals surface area contributed by atoms with Crippen molar-refractivity contribution in [3.8, 4) is 0 Å². The molecule has 1 aromatic heterocycles. The van der Waals surface area contributed by atoms with Gasteiger partial charge < -0.3 is 16.4 Å². The molecule has 7 nitrogen and oxygen atoms in total. The normalized spacial score (nSPS) is 12.2. The smallest absolute Gasteiger partial charge is 0.312 e. The van der Waals surface area contributed by atoms with E-state index in [2.05, 4.69) is 20.8 Å². The summed E-state index contributed by atoms with van der Waals surface area (Å²) in [6, 6.07) is -1.34. The Kier molecular flexibility index (Phi) is 4.70. The summed E-state index contributed by atoms with van der Waals surface area (Å²) in [4.78, 5) is 22.7. The first kappa shape index (κ1) is 14.0. The van der Waals surface area contributed by atoms with Crippen molar-refractivity contribution in [2.24, 2.45) is 11.7 Å². The first-order chi connectivity index (χ1) is 8.41. The van der Waals surface area contributed by atoms with Crippen LogP contribution in [0, 0.1) is 12.8 Å². The number of nitrogens with one attached hydrogen (secondary N) is 3. The summed E-state index contributed by atoms with van der Waals surface area (Å²) in [7, 11) is 0. The van der Waals surface area contributed by atoms with Gasteiger partial charge in [0, 0.05) is 17.8 Å². The van der Waals surface area contributed by atoms with Gasteiger partial charge in [-0.25, -0.2) is 4.79 Å². The molecule has 0 aromatic carbocycles. The van der Waals surface area contributed by atoms with Gasteiger partial charge in [0.15, 0.2) is 0 Å². The molecule has 5 N–H and O–H groups in total. The molecule has 1 unspecified atom stereocenters. The molecule has 0 saturated carbocycles. The zero-order valence-electron chi connectivity index (χ0n) is 10.8. The maximum Gasteiger partial charge on any atom is 0.312 e. The molecule has 100 valence electrons. The van der Waals surface area contributed by atoms with Gasteiger partial charge in [0.05, 0.1) is 6.20 Å². The van der Waals surface area contributed by atoms with Crippen molar-refractivity contribution in [2.75, 3.05) is 0 Å². The Balaban J connectivity index is 2.57. The molecule has 0 bridgehead atoms. The molecule has 1 heterocycles. The average molecular weight is 253 g/mol. The van der Waals surface area contributed by atoms with Crippen molar-refractivity contribution in [3.63, 3.8) is 0 Å². The van der Waals surface area contributed by atoms with Gasteiger partial charge in [0.2, 0.25) is 5.91 Å². The van der Waals surface area contributed by atoms with Crippen LogP contribution in [0.5, 0.6) is 0 Å². The number of amides is 3. The van der Waals surface area contributed by atoms with Crippen LogP contribution < -0.4 is 16.4 Å². The van der Waals surface area contributed by atoms with Crippen LogP contribution in [-0.4, -0.2) is 28.2 Å². The number of rotatable bonds is 5. The lowest BCUT2D eigenvalue weighted by Crippen LogP contribution is -2.51. The van der Waals surface area contributed by atoms with Gasteiger partial charge in [-0.3, -0.25) is 9.89 Å². The van der Waals surface area contributed by atoms with Gasteiger partial charge in [-0.15, -0.1) is 0 Å². The average Bonchev–Trinajstić information content (AvgIpc) is 2.68. The number of nitrogens with zero attached hydrogens (tertiary/aromatic N) is 1. The summed E-state index contributed by atoms with van der Waals surface area (Å²) < 4.78 is 0. The van der Waals surface area contributed by atoms with Crippen molar-refractivity contribution in [1.82, 2.24) is 20.8 Å². The lowest BCUT2D eigenvalue weighted by Gasteiger charge is -2.20. The first-order valence-electron chi connectivity index (χ1n) is 5.74. The van der Waals surface area contributed by atoms with E-state index < -0.39 is 12.1 Å². The Morgan fingerprint density at radius 3 is 2.61 bits per heavy atom. The predicted octanol–water partition coefficient (Wildman–Crippen LogP) is 0.0272. The zero-order chi connectivity index (χ0) is 13.7. The van der Waals surface area contributed by atoms with Gasteiger partial charge in [-0.05, 0) is 12.8 Å². The number of aromatic nitrogens is 2. The molecule has 0 aliphatic rings. The molecule has 0 aliphatic heterocycles. The van der Waals surface area contributed by atoms with Crippen molar-refractivity contribution in [1.29, 1.82) is 0 Å². The fourth-order valence-corrected chi connectivity index (χ4v) is 1.53. The van der Waals surface area contributed by atoms with E-state index in [1.807, 2.05) is 20.8 Å². The largest absolute Gasteiger partial charge is 0.352 e. The molecule has 7 heteroatoms. The maximum atomic E-state index is 11.9. The van der Waals surface area contributed by atoms with E-state index >= 15 is 0 Å². The van der Waals surface area contributed by atoms with Crippen LogP contribution in [0.3, 0.4) is 0 Å². The van der Waals surface area contributed by atoms with Gasteiger partial charge in [-0.2, -0.15) is 5.10 Å². The molecule has 18 heavy (non-hydrogen) atoms. The molecule has 0 radical (unpaired) electrons. The van der Waals surface area contributed by atoms with E-state index in [-0.39, 0.29) is 11.8 Å². The molecule has 1 atom stereocenters. The van der Waals surface area contributed by atoms with E-state index in [0.717, 1.165) is 11.3 Å². The second-order valence-electron chi connectivity index (χ2n) is 4.47. The Morgan fingerprint density at radius 2 is 2.17 bits per heavy atom. The highest BCUT2D eigenvalue weighted by Crippen LogP contribution is 2.04. The van der Waals surface area contributed by atoms with Crippen LogP contribution in [-0.2, 0) is 11.3 Å². The number of hydrogen-bond acceptors (Lipinski definition) is 3. The molecule has 0 saturated heterocycles. The van der Waals surface area contributed by atoms with E-state index in [1.165, 1.54) is 0 Å². The third-order valence-corrected chi connectivity index (χ3v) is 2.63. The molecule has 3 amide bonds. The van der Waals surface area contributed by atoms with E-state index in [1.54, 1.807) is 6.20 Å². The second kappa shape index (κ2) is 6.04. The van der Waals surface area contributed by atoms with E-state index in [9.17, 15) is 9.59 Å². The molecule has 1 rings (SSSR count). The van der Waals surface area contributed by atoms with Crippen LogP contribution in [0.4, 0.5) is 4.79 Å².